The van der Waals surface area contributed by atoms with E-state index in [9.17, 15) is 0 Å². The highest BCUT2D eigenvalue weighted by Gasteiger charge is 2.42. The fourth-order valence-electron chi connectivity index (χ4n) is 0.850. The van der Waals surface area contributed by atoms with Crippen molar-refractivity contribution in [1.29, 1.82) is 0 Å². The van der Waals surface area contributed by atoms with E-state index in [1.165, 1.54) is 0 Å². The van der Waals surface area contributed by atoms with E-state index >= 15 is 0 Å². The lowest BCUT2D eigenvalue weighted by molar-refractivity contribution is 0.257. The number of nitrogens with zero attached hydrogens (tertiary/aromatic N) is 2. The van der Waals surface area contributed by atoms with Gasteiger partial charge >= 0.3 is 0 Å². The van der Waals surface area contributed by atoms with Crippen LogP contribution in [0.25, 0.3) is 0 Å². The summed E-state index contributed by atoms with van der Waals surface area (Å²) < 4.78 is 0. The van der Waals surface area contributed by atoms with Gasteiger partial charge in [0.15, 0.2) is 5.96 Å². The van der Waals surface area contributed by atoms with Crippen molar-refractivity contribution < 1.29 is 5.11 Å². The summed E-state index contributed by atoms with van der Waals surface area (Å²) in [5.41, 5.74) is 15.1. The number of aliphatic hydroxyl groups is 1. The molecule has 0 atom stereocenters. The molecule has 0 heterocycles. The molecule has 6 nitrogen and oxygen atoms in total. The second kappa shape index (κ2) is 2.98. The second-order valence-corrected chi connectivity index (χ2v) is 2.89. The SMILES string of the molecule is NC(N)=NC(N)=NC1(CO)CC1. The predicted octanol–water partition coefficient (Wildman–Crippen LogP) is -1.90. The van der Waals surface area contributed by atoms with Gasteiger partial charge in [-0.05, 0) is 12.8 Å². The highest BCUT2D eigenvalue weighted by molar-refractivity contribution is 5.92. The predicted molar refractivity (Wildman–Crippen MR) is 46.5 cm³/mol. The molecule has 0 aromatic carbocycles. The Hall–Kier alpha value is -1.30. The average molecular weight is 171 g/mol. The first-order chi connectivity index (χ1) is 5.58. The molecule has 0 unspecified atom stereocenters. The second-order valence-electron chi connectivity index (χ2n) is 2.89. The molecule has 7 N–H and O–H groups in total. The summed E-state index contributed by atoms with van der Waals surface area (Å²) in [5, 5.41) is 8.87. The number of aliphatic hydroxyl groups excluding tert-OH is 1. The summed E-state index contributed by atoms with van der Waals surface area (Å²) in [4.78, 5) is 7.51. The molecule has 1 rings (SSSR count). The van der Waals surface area contributed by atoms with E-state index in [0.717, 1.165) is 12.8 Å². The summed E-state index contributed by atoms with van der Waals surface area (Å²) in [7, 11) is 0. The maximum absolute atomic E-state index is 8.87. The normalized spacial score (nSPS) is 20.2. The Morgan fingerprint density at radius 1 is 1.33 bits per heavy atom. The van der Waals surface area contributed by atoms with Gasteiger partial charge in [0.25, 0.3) is 0 Å². The third kappa shape index (κ3) is 2.09. The van der Waals surface area contributed by atoms with Crippen LogP contribution in [0.1, 0.15) is 12.8 Å². The number of hydrogen-bond donors (Lipinski definition) is 4. The quantitative estimate of drug-likeness (QED) is 0.286. The molecule has 1 aliphatic carbocycles. The molecule has 0 aromatic rings. The average Bonchev–Trinajstić information content (AvgIpc) is 2.67. The molecule has 12 heavy (non-hydrogen) atoms. The van der Waals surface area contributed by atoms with Crippen LogP contribution in [0.15, 0.2) is 9.98 Å². The van der Waals surface area contributed by atoms with Crippen LogP contribution in [0.2, 0.25) is 0 Å². The van der Waals surface area contributed by atoms with Crippen molar-refractivity contribution in [3.63, 3.8) is 0 Å². The molecule has 0 amide bonds. The third-order valence-electron chi connectivity index (χ3n) is 1.72. The van der Waals surface area contributed by atoms with Gasteiger partial charge in [0.1, 0.15) is 0 Å². The molecular weight excluding hydrogens is 158 g/mol. The van der Waals surface area contributed by atoms with Gasteiger partial charge in [-0.1, -0.05) is 0 Å². The van der Waals surface area contributed by atoms with Crippen molar-refractivity contribution in [3.8, 4) is 0 Å². The standard InChI is InChI=1S/C6H13N5O/c7-4(8)10-5(9)11-6(3-12)1-2-6/h12H,1-3H2,(H6,7,8,9,10,11). The van der Waals surface area contributed by atoms with Gasteiger partial charge in [-0.15, -0.1) is 0 Å². The maximum Gasteiger partial charge on any atom is 0.219 e. The van der Waals surface area contributed by atoms with Gasteiger partial charge < -0.3 is 22.3 Å². The van der Waals surface area contributed by atoms with Crippen LogP contribution < -0.4 is 17.2 Å². The Balaban J connectivity index is 2.62. The first-order valence-electron chi connectivity index (χ1n) is 3.64. The van der Waals surface area contributed by atoms with E-state index < -0.39 is 5.54 Å². The molecule has 0 radical (unpaired) electrons. The van der Waals surface area contributed by atoms with Gasteiger partial charge in [-0.2, -0.15) is 4.99 Å². The summed E-state index contributed by atoms with van der Waals surface area (Å²) in [5.74, 6) is -0.0912. The molecule has 0 aromatic heterocycles. The van der Waals surface area contributed by atoms with E-state index in [1.54, 1.807) is 0 Å². The smallest absolute Gasteiger partial charge is 0.219 e. The highest BCUT2D eigenvalue weighted by atomic mass is 16.3. The van der Waals surface area contributed by atoms with Crippen molar-refractivity contribution in [3.05, 3.63) is 0 Å². The molecule has 0 aliphatic heterocycles. The summed E-state index contributed by atoms with van der Waals surface area (Å²) in [6.45, 7) is -0.00625. The van der Waals surface area contributed by atoms with E-state index in [1.807, 2.05) is 0 Å². The molecule has 1 saturated carbocycles. The monoisotopic (exact) mass is 171 g/mol. The Morgan fingerprint density at radius 3 is 2.25 bits per heavy atom. The number of hydrogen-bond acceptors (Lipinski definition) is 2. The van der Waals surface area contributed by atoms with Gasteiger partial charge in [0, 0.05) is 0 Å². The zero-order valence-corrected chi connectivity index (χ0v) is 6.70. The first-order valence-corrected chi connectivity index (χ1v) is 3.64. The third-order valence-corrected chi connectivity index (χ3v) is 1.72. The zero-order chi connectivity index (χ0) is 9.19. The van der Waals surface area contributed by atoms with Gasteiger partial charge in [-0.25, -0.2) is 4.99 Å². The minimum absolute atomic E-state index is 0.00625. The van der Waals surface area contributed by atoms with Crippen molar-refractivity contribution in [2.45, 2.75) is 18.4 Å². The van der Waals surface area contributed by atoms with E-state index in [4.69, 9.17) is 22.3 Å². The summed E-state index contributed by atoms with van der Waals surface area (Å²) in [6, 6.07) is 0. The van der Waals surface area contributed by atoms with Crippen LogP contribution in [-0.2, 0) is 0 Å². The van der Waals surface area contributed by atoms with E-state index in [2.05, 4.69) is 9.98 Å². The van der Waals surface area contributed by atoms with Crippen LogP contribution in [0.4, 0.5) is 0 Å². The molecule has 0 bridgehead atoms. The van der Waals surface area contributed by atoms with Crippen LogP contribution in [0.5, 0.6) is 0 Å². The number of aliphatic imine (C=N–C) groups is 2. The van der Waals surface area contributed by atoms with Crippen LogP contribution >= 0.6 is 0 Å². The number of guanidine groups is 2. The Bertz CT molecular complexity index is 226. The lowest BCUT2D eigenvalue weighted by Crippen LogP contribution is -2.27. The maximum atomic E-state index is 8.87. The van der Waals surface area contributed by atoms with E-state index in [-0.39, 0.29) is 18.5 Å². The Kier molecular flexibility index (Phi) is 2.18. The molecule has 0 saturated heterocycles. The lowest BCUT2D eigenvalue weighted by Gasteiger charge is -2.04. The summed E-state index contributed by atoms with van der Waals surface area (Å²) >= 11 is 0. The van der Waals surface area contributed by atoms with Crippen molar-refractivity contribution in [1.82, 2.24) is 0 Å². The molecule has 68 valence electrons. The molecule has 6 heteroatoms. The molecule has 1 aliphatic rings. The van der Waals surface area contributed by atoms with Crippen molar-refractivity contribution >= 4 is 11.9 Å². The molecule has 1 fully saturated rings. The number of nitrogens with two attached hydrogens (primary N) is 3. The van der Waals surface area contributed by atoms with Gasteiger partial charge in [0.05, 0.1) is 12.1 Å². The Labute approximate surface area is 70.2 Å². The van der Waals surface area contributed by atoms with Gasteiger partial charge in [-0.3, -0.25) is 0 Å². The first kappa shape index (κ1) is 8.79. The summed E-state index contributed by atoms with van der Waals surface area (Å²) in [6.07, 6.45) is 1.67. The minimum Gasteiger partial charge on any atom is -0.394 e. The minimum atomic E-state index is -0.400. The fraction of sp³-hybridized carbons (Fsp3) is 0.667. The van der Waals surface area contributed by atoms with E-state index in [0.29, 0.717) is 0 Å². The lowest BCUT2D eigenvalue weighted by atomic mass is 10.3. The zero-order valence-electron chi connectivity index (χ0n) is 6.70. The fourth-order valence-corrected chi connectivity index (χ4v) is 0.850. The molecular formula is C6H13N5O. The topological polar surface area (TPSA) is 123 Å². The van der Waals surface area contributed by atoms with Crippen LogP contribution in [0, 0.1) is 0 Å². The van der Waals surface area contributed by atoms with Crippen LogP contribution in [-0.4, -0.2) is 29.2 Å². The van der Waals surface area contributed by atoms with Gasteiger partial charge in [0.2, 0.25) is 5.96 Å². The Morgan fingerprint density at radius 2 is 1.92 bits per heavy atom. The van der Waals surface area contributed by atoms with Crippen molar-refractivity contribution in [2.75, 3.05) is 6.61 Å². The van der Waals surface area contributed by atoms with Crippen molar-refractivity contribution in [2.24, 2.45) is 27.2 Å². The largest absolute Gasteiger partial charge is 0.394 e. The van der Waals surface area contributed by atoms with Crippen LogP contribution in [0.3, 0.4) is 0 Å². The highest BCUT2D eigenvalue weighted by Crippen LogP contribution is 2.38. The number of rotatable bonds is 2. The molecule has 0 spiro atoms.